The second kappa shape index (κ2) is 6.37. The molecule has 0 aliphatic carbocycles. The molecular formula is C16H14N4O4. The number of carbonyl (C=O) groups is 2. The van der Waals surface area contributed by atoms with Crippen LogP contribution in [0.5, 0.6) is 0 Å². The van der Waals surface area contributed by atoms with E-state index in [4.69, 9.17) is 0 Å². The number of carboxylic acids is 2. The highest BCUT2D eigenvalue weighted by atomic mass is 16.4. The van der Waals surface area contributed by atoms with Crippen molar-refractivity contribution in [1.82, 2.24) is 15.0 Å². The number of benzene rings is 1. The Hall–Kier alpha value is -3.42. The van der Waals surface area contributed by atoms with Gasteiger partial charge in [0.2, 0.25) is 0 Å². The molecule has 0 saturated heterocycles. The number of anilines is 1. The van der Waals surface area contributed by atoms with Crippen LogP contribution in [0.4, 0.5) is 5.82 Å². The number of nitrogens with zero attached hydrogens (tertiary/aromatic N) is 2. The van der Waals surface area contributed by atoms with Gasteiger partial charge >= 0.3 is 11.9 Å². The largest absolute Gasteiger partial charge is 0.480 e. The number of rotatable bonds is 6. The number of carboxylic acid groups (broad SMARTS) is 2. The lowest BCUT2D eigenvalue weighted by atomic mass is 10.1. The van der Waals surface area contributed by atoms with Crippen LogP contribution in [-0.2, 0) is 11.2 Å². The number of hydrogen-bond donors (Lipinski definition) is 4. The van der Waals surface area contributed by atoms with Gasteiger partial charge in [0.25, 0.3) is 0 Å². The molecule has 0 saturated carbocycles. The maximum Gasteiger partial charge on any atom is 0.339 e. The van der Waals surface area contributed by atoms with Gasteiger partial charge in [-0.25, -0.2) is 19.6 Å². The van der Waals surface area contributed by atoms with Crippen LogP contribution in [-0.4, -0.2) is 43.1 Å². The fourth-order valence-electron chi connectivity index (χ4n) is 2.37. The lowest BCUT2D eigenvalue weighted by molar-refractivity contribution is -0.137. The fourth-order valence-corrected chi connectivity index (χ4v) is 2.37. The Kier molecular flexibility index (Phi) is 4.11. The van der Waals surface area contributed by atoms with Crippen LogP contribution in [0.25, 0.3) is 10.9 Å². The minimum Gasteiger partial charge on any atom is -0.480 e. The van der Waals surface area contributed by atoms with E-state index in [2.05, 4.69) is 20.3 Å². The summed E-state index contributed by atoms with van der Waals surface area (Å²) in [6, 6.07) is 7.45. The van der Waals surface area contributed by atoms with Crippen molar-refractivity contribution in [3.05, 3.63) is 54.1 Å². The van der Waals surface area contributed by atoms with Crippen molar-refractivity contribution in [3.63, 3.8) is 0 Å². The average molecular weight is 326 g/mol. The van der Waals surface area contributed by atoms with Gasteiger partial charge in [-0.2, -0.15) is 0 Å². The molecule has 4 N–H and O–H groups in total. The van der Waals surface area contributed by atoms with Crippen LogP contribution in [0.2, 0.25) is 0 Å². The Labute approximate surface area is 136 Å². The summed E-state index contributed by atoms with van der Waals surface area (Å²) in [4.78, 5) is 34.0. The summed E-state index contributed by atoms with van der Waals surface area (Å²) in [6.45, 7) is 0. The van der Waals surface area contributed by atoms with E-state index in [0.717, 1.165) is 0 Å². The van der Waals surface area contributed by atoms with E-state index >= 15 is 0 Å². The molecular weight excluding hydrogens is 312 g/mol. The Morgan fingerprint density at radius 3 is 2.71 bits per heavy atom. The number of aromatic carboxylic acids is 1. The van der Waals surface area contributed by atoms with Crippen LogP contribution in [0.15, 0.2) is 42.9 Å². The number of hydrogen-bond acceptors (Lipinski definition) is 5. The first-order valence-electron chi connectivity index (χ1n) is 7.14. The minimum absolute atomic E-state index is 0.0177. The summed E-state index contributed by atoms with van der Waals surface area (Å²) in [5.74, 6) is -2.28. The second-order valence-electron chi connectivity index (χ2n) is 5.18. The van der Waals surface area contributed by atoms with Gasteiger partial charge in [0.05, 0.1) is 17.5 Å². The summed E-state index contributed by atoms with van der Waals surface area (Å²) < 4.78 is 0. The van der Waals surface area contributed by atoms with Crippen LogP contribution in [0, 0.1) is 0 Å². The number of pyridine rings is 1. The van der Waals surface area contributed by atoms with Crippen molar-refractivity contribution in [2.24, 2.45) is 0 Å². The van der Waals surface area contributed by atoms with Crippen LogP contribution >= 0.6 is 0 Å². The molecule has 0 aliphatic heterocycles. The van der Waals surface area contributed by atoms with Crippen molar-refractivity contribution >= 4 is 28.7 Å². The predicted octanol–water partition coefficient (Wildman–Crippen LogP) is 1.76. The van der Waals surface area contributed by atoms with E-state index in [1.165, 1.54) is 12.4 Å². The van der Waals surface area contributed by atoms with Gasteiger partial charge in [-0.1, -0.05) is 18.2 Å². The van der Waals surface area contributed by atoms with Gasteiger partial charge in [0.1, 0.15) is 17.4 Å². The quantitative estimate of drug-likeness (QED) is 0.543. The zero-order chi connectivity index (χ0) is 17.1. The molecule has 0 aliphatic rings. The summed E-state index contributed by atoms with van der Waals surface area (Å²) in [5, 5.41) is 22.2. The second-order valence-corrected chi connectivity index (χ2v) is 5.18. The Bertz CT molecular complexity index is 892. The van der Waals surface area contributed by atoms with Crippen LogP contribution in [0.3, 0.4) is 0 Å². The smallest absolute Gasteiger partial charge is 0.339 e. The molecule has 24 heavy (non-hydrogen) atoms. The predicted molar refractivity (Wildman–Crippen MR) is 86.0 cm³/mol. The van der Waals surface area contributed by atoms with Crippen molar-refractivity contribution in [2.75, 3.05) is 5.32 Å². The molecule has 8 heteroatoms. The molecule has 2 heterocycles. The van der Waals surface area contributed by atoms with E-state index in [-0.39, 0.29) is 17.8 Å². The van der Waals surface area contributed by atoms with E-state index < -0.39 is 18.0 Å². The molecule has 2 aromatic heterocycles. The van der Waals surface area contributed by atoms with Gasteiger partial charge in [-0.05, 0) is 12.1 Å². The third-order valence-corrected chi connectivity index (χ3v) is 3.53. The Morgan fingerprint density at radius 2 is 2.04 bits per heavy atom. The summed E-state index contributed by atoms with van der Waals surface area (Å²) >= 11 is 0. The number of aromatic nitrogens is 3. The third kappa shape index (κ3) is 3.17. The summed E-state index contributed by atoms with van der Waals surface area (Å²) in [5.41, 5.74) is 1.04. The number of aromatic amines is 1. The van der Waals surface area contributed by atoms with Crippen LogP contribution in [0.1, 0.15) is 16.1 Å². The number of aliphatic carboxylic acids is 1. The first kappa shape index (κ1) is 15.5. The van der Waals surface area contributed by atoms with E-state index in [0.29, 0.717) is 16.6 Å². The van der Waals surface area contributed by atoms with Gasteiger partial charge in [-0.15, -0.1) is 0 Å². The zero-order valence-electron chi connectivity index (χ0n) is 12.4. The van der Waals surface area contributed by atoms with E-state index in [1.54, 1.807) is 30.5 Å². The molecule has 1 aromatic carbocycles. The van der Waals surface area contributed by atoms with E-state index in [1.807, 2.05) is 0 Å². The molecule has 0 fully saturated rings. The van der Waals surface area contributed by atoms with Crippen molar-refractivity contribution in [3.8, 4) is 0 Å². The lowest BCUT2D eigenvalue weighted by Crippen LogP contribution is -2.32. The first-order valence-corrected chi connectivity index (χ1v) is 7.14. The fraction of sp³-hybridized carbons (Fsp3) is 0.125. The molecule has 0 amide bonds. The standard InChI is InChI=1S/C16H14N4O4/c21-15(22)11-5-9-3-1-2-4-12(9)19-14(11)20-13(16(23)24)6-10-7-17-8-18-10/h1-5,7-8,13H,6H2,(H,17,18)(H,19,20)(H,21,22)(H,23,24). The normalized spacial score (nSPS) is 12.0. The molecule has 3 aromatic rings. The number of para-hydroxylation sites is 1. The van der Waals surface area contributed by atoms with Crippen molar-refractivity contribution in [2.45, 2.75) is 12.5 Å². The molecule has 8 nitrogen and oxygen atoms in total. The van der Waals surface area contributed by atoms with Gasteiger partial charge < -0.3 is 20.5 Å². The molecule has 3 rings (SSSR count). The number of H-pyrrole nitrogens is 1. The molecule has 0 spiro atoms. The molecule has 1 atom stereocenters. The highest BCUT2D eigenvalue weighted by Crippen LogP contribution is 2.21. The van der Waals surface area contributed by atoms with Crippen molar-refractivity contribution < 1.29 is 19.8 Å². The maximum absolute atomic E-state index is 11.5. The summed E-state index contributed by atoms with van der Waals surface area (Å²) in [7, 11) is 0. The Balaban J connectivity index is 1.98. The van der Waals surface area contributed by atoms with Gasteiger partial charge in [0, 0.05) is 18.0 Å². The third-order valence-electron chi connectivity index (χ3n) is 3.53. The lowest BCUT2D eigenvalue weighted by Gasteiger charge is -2.16. The molecule has 0 radical (unpaired) electrons. The minimum atomic E-state index is -1.18. The molecule has 1 unspecified atom stereocenters. The molecule has 122 valence electrons. The highest BCUT2D eigenvalue weighted by Gasteiger charge is 2.23. The first-order chi connectivity index (χ1) is 11.5. The number of imidazole rings is 1. The monoisotopic (exact) mass is 326 g/mol. The SMILES string of the molecule is O=C(O)c1cc2ccccc2nc1NC(Cc1c[nH]cn1)C(=O)O. The van der Waals surface area contributed by atoms with Crippen molar-refractivity contribution in [1.29, 1.82) is 0 Å². The maximum atomic E-state index is 11.5. The van der Waals surface area contributed by atoms with Gasteiger partial charge in [-0.3, -0.25) is 0 Å². The van der Waals surface area contributed by atoms with E-state index in [9.17, 15) is 19.8 Å². The summed E-state index contributed by atoms with van der Waals surface area (Å²) in [6.07, 6.45) is 3.13. The Morgan fingerprint density at radius 1 is 1.25 bits per heavy atom. The number of nitrogens with one attached hydrogen (secondary N) is 2. The average Bonchev–Trinajstić information content (AvgIpc) is 3.06. The van der Waals surface area contributed by atoms with Gasteiger partial charge in [0.15, 0.2) is 0 Å². The number of fused-ring (bicyclic) bond motifs is 1. The van der Waals surface area contributed by atoms with Crippen LogP contribution < -0.4 is 5.32 Å². The topological polar surface area (TPSA) is 128 Å². The molecule has 0 bridgehead atoms. The highest BCUT2D eigenvalue weighted by molar-refractivity contribution is 5.98. The zero-order valence-corrected chi connectivity index (χ0v) is 12.4.